The van der Waals surface area contributed by atoms with Crippen molar-refractivity contribution in [3.05, 3.63) is 128 Å². The van der Waals surface area contributed by atoms with E-state index < -0.39 is 30.3 Å². The van der Waals surface area contributed by atoms with E-state index in [2.05, 4.69) is 21.2 Å². The van der Waals surface area contributed by atoms with Crippen LogP contribution in [0.5, 0.6) is 0 Å². The van der Waals surface area contributed by atoms with Crippen LogP contribution in [0.15, 0.2) is 89.4 Å². The van der Waals surface area contributed by atoms with Crippen molar-refractivity contribution in [1.29, 1.82) is 0 Å². The molecule has 0 saturated carbocycles. The first-order valence-corrected chi connectivity index (χ1v) is 14.9. The topological polar surface area (TPSA) is 92.8 Å². The Balaban J connectivity index is 1.16. The number of hydrogen-bond donors (Lipinski definition) is 1. The summed E-state index contributed by atoms with van der Waals surface area (Å²) in [5.74, 6) is -3.60. The van der Waals surface area contributed by atoms with Gasteiger partial charge < -0.3 is 10.1 Å². The van der Waals surface area contributed by atoms with E-state index in [1.54, 1.807) is 24.3 Å². The number of imide groups is 1. The Hall–Kier alpha value is -4.56. The van der Waals surface area contributed by atoms with Crippen molar-refractivity contribution in [3.8, 4) is 0 Å². The number of esters is 1. The Labute approximate surface area is 257 Å². The molecule has 1 fully saturated rings. The van der Waals surface area contributed by atoms with Gasteiger partial charge in [0.05, 0.1) is 23.1 Å². The first-order chi connectivity index (χ1) is 20.8. The fraction of sp³-hybridized carbons (Fsp3) is 0.200. The third-order valence-corrected chi connectivity index (χ3v) is 10.0. The number of anilines is 2. The summed E-state index contributed by atoms with van der Waals surface area (Å²) in [6, 6.07) is 26.1. The average molecular weight is 636 g/mol. The number of rotatable bonds is 5. The maximum absolute atomic E-state index is 14.2. The number of nitrogens with zero attached hydrogens (tertiary/aromatic N) is 1. The highest BCUT2D eigenvalue weighted by atomic mass is 79.9. The Morgan fingerprint density at radius 2 is 1.26 bits per heavy atom. The van der Waals surface area contributed by atoms with Gasteiger partial charge in [-0.3, -0.25) is 14.4 Å². The lowest BCUT2D eigenvalue weighted by molar-refractivity contribution is -0.122. The van der Waals surface area contributed by atoms with Crippen LogP contribution in [0.4, 0.5) is 11.4 Å². The molecular formula is C35H27BrN2O5. The standard InChI is InChI=1S/C35H27BrN2O5/c1-18-19(2)26(16-15-25(18)36)37-28(39)17-43-35(42)24-13-7-8-14-27(24)38-33(40)31-29-20-9-3-4-10-21(20)30(32(31)34(38)41)23-12-6-5-11-22(23)29/h3-16,29-32H,17H2,1-2H3,(H,37,39)/t29?,30?,31-,32-/m0/s1. The smallest absolute Gasteiger partial charge is 0.340 e. The lowest BCUT2D eigenvalue weighted by atomic mass is 9.55. The number of para-hydroxylation sites is 1. The Bertz CT molecular complexity index is 1750. The molecule has 8 heteroatoms. The number of hydrogen-bond acceptors (Lipinski definition) is 5. The van der Waals surface area contributed by atoms with Crippen LogP contribution in [-0.2, 0) is 19.1 Å². The van der Waals surface area contributed by atoms with E-state index in [9.17, 15) is 19.2 Å². The van der Waals surface area contributed by atoms with E-state index in [-0.39, 0.29) is 34.9 Å². The van der Waals surface area contributed by atoms with Crippen LogP contribution in [0.1, 0.15) is 55.6 Å². The molecule has 3 amide bonds. The number of benzene rings is 4. The molecule has 1 aliphatic heterocycles. The number of amides is 3. The minimum atomic E-state index is -0.792. The molecular weight excluding hydrogens is 608 g/mol. The number of ether oxygens (including phenoxy) is 1. The summed E-state index contributed by atoms with van der Waals surface area (Å²) in [7, 11) is 0. The molecule has 43 heavy (non-hydrogen) atoms. The van der Waals surface area contributed by atoms with E-state index in [4.69, 9.17) is 4.74 Å². The monoisotopic (exact) mass is 634 g/mol. The summed E-state index contributed by atoms with van der Waals surface area (Å²) in [5.41, 5.74) is 7.02. The summed E-state index contributed by atoms with van der Waals surface area (Å²) in [4.78, 5) is 55.5. The second kappa shape index (κ2) is 10.3. The third-order valence-electron chi connectivity index (χ3n) is 9.14. The predicted octanol–water partition coefficient (Wildman–Crippen LogP) is 6.26. The Morgan fingerprint density at radius 3 is 1.81 bits per heavy atom. The van der Waals surface area contributed by atoms with Crippen molar-refractivity contribution < 1.29 is 23.9 Å². The first kappa shape index (κ1) is 27.3. The molecule has 3 aliphatic carbocycles. The molecule has 1 heterocycles. The molecule has 1 saturated heterocycles. The molecule has 214 valence electrons. The number of carbonyl (C=O) groups is 4. The van der Waals surface area contributed by atoms with Crippen molar-refractivity contribution in [1.82, 2.24) is 0 Å². The van der Waals surface area contributed by atoms with Crippen LogP contribution < -0.4 is 10.2 Å². The number of halogens is 1. The molecule has 4 aliphatic rings. The molecule has 2 bridgehead atoms. The van der Waals surface area contributed by atoms with Gasteiger partial charge in [0.25, 0.3) is 5.91 Å². The zero-order valence-electron chi connectivity index (χ0n) is 23.5. The fourth-order valence-electron chi connectivity index (χ4n) is 7.07. The van der Waals surface area contributed by atoms with Gasteiger partial charge >= 0.3 is 5.97 Å². The summed E-state index contributed by atoms with van der Waals surface area (Å²) in [6.45, 7) is 3.30. The van der Waals surface area contributed by atoms with E-state index in [0.717, 1.165) is 42.8 Å². The highest BCUT2D eigenvalue weighted by Crippen LogP contribution is 2.61. The van der Waals surface area contributed by atoms with Crippen molar-refractivity contribution in [3.63, 3.8) is 0 Å². The summed E-state index contributed by atoms with van der Waals surface area (Å²) in [6.07, 6.45) is 0. The van der Waals surface area contributed by atoms with Gasteiger partial charge in [-0.15, -0.1) is 0 Å². The summed E-state index contributed by atoms with van der Waals surface area (Å²) >= 11 is 3.48. The quantitative estimate of drug-likeness (QED) is 0.207. The normalized spacial score (nSPS) is 21.2. The molecule has 1 N–H and O–H groups in total. The van der Waals surface area contributed by atoms with Crippen molar-refractivity contribution in [2.24, 2.45) is 11.8 Å². The van der Waals surface area contributed by atoms with E-state index >= 15 is 0 Å². The molecule has 2 atom stereocenters. The van der Waals surface area contributed by atoms with E-state index in [0.29, 0.717) is 5.69 Å². The van der Waals surface area contributed by atoms with E-state index in [1.807, 2.05) is 68.4 Å². The molecule has 4 aromatic carbocycles. The van der Waals surface area contributed by atoms with Crippen LogP contribution in [0.25, 0.3) is 0 Å². The van der Waals surface area contributed by atoms with Crippen molar-refractivity contribution in [2.45, 2.75) is 25.7 Å². The lowest BCUT2D eigenvalue weighted by Crippen LogP contribution is -2.41. The van der Waals surface area contributed by atoms with Gasteiger partial charge in [-0.25, -0.2) is 9.69 Å². The fourth-order valence-corrected chi connectivity index (χ4v) is 7.50. The lowest BCUT2D eigenvalue weighted by Gasteiger charge is -2.45. The van der Waals surface area contributed by atoms with Crippen molar-refractivity contribution >= 4 is 51.0 Å². The van der Waals surface area contributed by atoms with Gasteiger partial charge in [-0.05, 0) is 71.5 Å². The van der Waals surface area contributed by atoms with Crippen LogP contribution in [0, 0.1) is 25.7 Å². The number of nitrogens with one attached hydrogen (secondary N) is 1. The maximum Gasteiger partial charge on any atom is 0.340 e. The second-order valence-electron chi connectivity index (χ2n) is 11.3. The molecule has 8 rings (SSSR count). The zero-order chi connectivity index (χ0) is 30.0. The highest BCUT2D eigenvalue weighted by Gasteiger charge is 2.62. The van der Waals surface area contributed by atoms with Gasteiger partial charge in [0, 0.05) is 22.0 Å². The Morgan fingerprint density at radius 1 is 0.744 bits per heavy atom. The molecule has 0 spiro atoms. The first-order valence-electron chi connectivity index (χ1n) is 14.1. The summed E-state index contributed by atoms with van der Waals surface area (Å²) in [5, 5.41) is 2.78. The minimum absolute atomic E-state index is 0.0497. The van der Waals surface area contributed by atoms with Gasteiger partial charge in [0.1, 0.15) is 0 Å². The molecule has 0 unspecified atom stereocenters. The van der Waals surface area contributed by atoms with Gasteiger partial charge in [-0.2, -0.15) is 0 Å². The van der Waals surface area contributed by atoms with Gasteiger partial charge in [0.2, 0.25) is 11.8 Å². The molecule has 0 radical (unpaired) electrons. The summed E-state index contributed by atoms with van der Waals surface area (Å²) < 4.78 is 6.32. The SMILES string of the molecule is Cc1c(Br)ccc(NC(=O)COC(=O)c2ccccc2N2C(=O)[C@H]3C4c5ccccc5C(c5ccccc54)[C@@H]3C2=O)c1C. The van der Waals surface area contributed by atoms with Crippen LogP contribution >= 0.6 is 15.9 Å². The maximum atomic E-state index is 14.2. The largest absolute Gasteiger partial charge is 0.452 e. The van der Waals surface area contributed by atoms with E-state index in [1.165, 1.54) is 6.07 Å². The minimum Gasteiger partial charge on any atom is -0.452 e. The molecule has 4 aromatic rings. The molecule has 7 nitrogen and oxygen atoms in total. The molecule has 0 aromatic heterocycles. The highest BCUT2D eigenvalue weighted by molar-refractivity contribution is 9.10. The third kappa shape index (κ3) is 4.15. The zero-order valence-corrected chi connectivity index (χ0v) is 25.1. The van der Waals surface area contributed by atoms with Crippen LogP contribution in [0.2, 0.25) is 0 Å². The van der Waals surface area contributed by atoms with Gasteiger partial charge in [0.15, 0.2) is 6.61 Å². The van der Waals surface area contributed by atoms with Crippen molar-refractivity contribution in [2.75, 3.05) is 16.8 Å². The van der Waals surface area contributed by atoms with Gasteiger partial charge in [-0.1, -0.05) is 76.6 Å². The number of carbonyl (C=O) groups excluding carboxylic acids is 4. The average Bonchev–Trinajstić information content (AvgIpc) is 3.30. The predicted molar refractivity (Wildman–Crippen MR) is 165 cm³/mol. The van der Waals surface area contributed by atoms with Crippen LogP contribution in [-0.4, -0.2) is 30.3 Å². The Kier molecular flexibility index (Phi) is 6.54. The second-order valence-corrected chi connectivity index (χ2v) is 12.1. The van der Waals surface area contributed by atoms with Crippen LogP contribution in [0.3, 0.4) is 0 Å².